The summed E-state index contributed by atoms with van der Waals surface area (Å²) >= 11 is 0. The lowest BCUT2D eigenvalue weighted by atomic mass is 10.0. The number of Topliss-reactive ketones (excluding diaryl/α,β-unsaturated/α-hetero) is 1. The number of carbonyl (C=O) groups excluding carboxylic acids is 5. The van der Waals surface area contributed by atoms with Gasteiger partial charge >= 0.3 is 29.8 Å². The van der Waals surface area contributed by atoms with Crippen LogP contribution in [0.25, 0.3) is 0 Å². The van der Waals surface area contributed by atoms with Crippen LogP contribution in [0.4, 0.5) is 0 Å². The lowest BCUT2D eigenvalue weighted by molar-refractivity contribution is 0.0425. The van der Waals surface area contributed by atoms with Crippen molar-refractivity contribution >= 4 is 35.6 Å². The topological polar surface area (TPSA) is 141 Å². The fourth-order valence-corrected chi connectivity index (χ4v) is 3.17. The van der Waals surface area contributed by atoms with Crippen LogP contribution in [0, 0.1) is 11.8 Å². The molecule has 2 aliphatic heterocycles. The first-order valence-electron chi connectivity index (χ1n) is 9.90. The Labute approximate surface area is 196 Å². The van der Waals surface area contributed by atoms with E-state index >= 15 is 0 Å². The maximum absolute atomic E-state index is 12.0. The largest absolute Gasteiger partial charge is 0.478 e. The van der Waals surface area contributed by atoms with Crippen molar-refractivity contribution in [3.8, 4) is 11.8 Å². The Kier molecular flexibility index (Phi) is 6.03. The molecule has 9 heteroatoms. The van der Waals surface area contributed by atoms with Crippen LogP contribution in [-0.4, -0.2) is 40.7 Å². The van der Waals surface area contributed by atoms with Crippen LogP contribution in [0.3, 0.4) is 0 Å². The maximum Gasteiger partial charge on any atom is 0.346 e. The number of hydrogen-bond acceptors (Lipinski definition) is 8. The van der Waals surface area contributed by atoms with Gasteiger partial charge in [-0.2, -0.15) is 0 Å². The molecule has 0 saturated carbocycles. The summed E-state index contributed by atoms with van der Waals surface area (Å²) in [6.07, 6.45) is 0. The average molecular weight is 468 g/mol. The Morgan fingerprint density at radius 3 is 1.66 bits per heavy atom. The zero-order valence-electron chi connectivity index (χ0n) is 17.6. The van der Waals surface area contributed by atoms with E-state index in [0.717, 1.165) is 11.6 Å². The molecule has 0 aliphatic carbocycles. The quantitative estimate of drug-likeness (QED) is 0.260. The number of cyclic esters (lactones) is 4. The Hall–Kier alpha value is -5.36. The fourth-order valence-electron chi connectivity index (χ4n) is 3.17. The van der Waals surface area contributed by atoms with Gasteiger partial charge < -0.3 is 14.6 Å². The van der Waals surface area contributed by atoms with Crippen LogP contribution < -0.4 is 0 Å². The molecular formula is C26H12O9. The molecule has 3 aromatic carbocycles. The number of aromatic carboxylic acids is 1. The van der Waals surface area contributed by atoms with Gasteiger partial charge in [0, 0.05) is 11.1 Å². The number of carboxylic acid groups (broad SMARTS) is 1. The number of fused-ring (bicyclic) bond motifs is 2. The molecule has 0 amide bonds. The zero-order valence-corrected chi connectivity index (χ0v) is 17.6. The predicted octanol–water partition coefficient (Wildman–Crippen LogP) is 2.93. The second kappa shape index (κ2) is 9.25. The van der Waals surface area contributed by atoms with Gasteiger partial charge in [0.2, 0.25) is 5.78 Å². The van der Waals surface area contributed by atoms with Crippen LogP contribution in [0.5, 0.6) is 0 Å². The molecule has 0 radical (unpaired) electrons. The summed E-state index contributed by atoms with van der Waals surface area (Å²) in [5, 5.41) is 8.63. The molecule has 0 saturated heterocycles. The number of rotatable bonds is 2. The maximum atomic E-state index is 12.0. The van der Waals surface area contributed by atoms with E-state index in [0.29, 0.717) is 0 Å². The molecule has 35 heavy (non-hydrogen) atoms. The van der Waals surface area contributed by atoms with E-state index in [2.05, 4.69) is 21.3 Å². The van der Waals surface area contributed by atoms with Crippen molar-refractivity contribution in [3.63, 3.8) is 0 Å². The van der Waals surface area contributed by atoms with Gasteiger partial charge in [-0.1, -0.05) is 24.1 Å². The van der Waals surface area contributed by atoms with Crippen molar-refractivity contribution in [3.05, 3.63) is 106 Å². The number of carbonyl (C=O) groups is 6. The van der Waals surface area contributed by atoms with E-state index in [1.165, 1.54) is 30.3 Å². The Balaban J connectivity index is 0.000000179. The summed E-state index contributed by atoms with van der Waals surface area (Å²) in [6.45, 7) is 0. The van der Waals surface area contributed by atoms with Gasteiger partial charge in [-0.25, -0.2) is 24.0 Å². The summed E-state index contributed by atoms with van der Waals surface area (Å²) < 4.78 is 8.77. The zero-order chi connectivity index (χ0) is 25.1. The SMILES string of the molecule is O=C(C#Cc1ccccc1)c1ccc2c(c1)C(=O)OC2=O.O=C(O)c1ccc2c(c1)C(=O)OC2=O. The first kappa shape index (κ1) is 22.8. The van der Waals surface area contributed by atoms with Crippen molar-refractivity contribution in [1.82, 2.24) is 0 Å². The monoisotopic (exact) mass is 468 g/mol. The molecule has 3 aromatic rings. The molecule has 0 unspecified atom stereocenters. The number of ether oxygens (including phenoxy) is 2. The average Bonchev–Trinajstić information content (AvgIpc) is 3.31. The molecule has 0 fully saturated rings. The summed E-state index contributed by atoms with van der Waals surface area (Å²) in [6, 6.07) is 16.9. The van der Waals surface area contributed by atoms with Crippen LogP contribution >= 0.6 is 0 Å². The van der Waals surface area contributed by atoms with Gasteiger partial charge in [0.1, 0.15) is 0 Å². The lowest BCUT2D eigenvalue weighted by Crippen LogP contribution is -2.00. The standard InChI is InChI=1S/C17H8O4.C9H4O5/c18-15(9-6-11-4-2-1-3-5-11)12-7-8-13-14(10-12)17(20)21-16(13)19;10-7(11)4-1-2-5-6(3-4)9(13)14-8(5)12/h1-5,7-8,10H;1-3H,(H,10,11). The third kappa shape index (κ3) is 4.72. The molecule has 1 N–H and O–H groups in total. The van der Waals surface area contributed by atoms with Gasteiger partial charge in [-0.05, 0) is 54.5 Å². The molecule has 0 bridgehead atoms. The van der Waals surface area contributed by atoms with Crippen LogP contribution in [0.2, 0.25) is 0 Å². The van der Waals surface area contributed by atoms with Gasteiger partial charge in [0.25, 0.3) is 0 Å². The summed E-state index contributed by atoms with van der Waals surface area (Å²) in [7, 11) is 0. The second-order valence-electron chi connectivity index (χ2n) is 7.12. The summed E-state index contributed by atoms with van der Waals surface area (Å²) in [5.74, 6) is 0.721. The highest BCUT2D eigenvalue weighted by Crippen LogP contribution is 2.22. The normalized spacial score (nSPS) is 12.8. The third-order valence-corrected chi connectivity index (χ3v) is 4.89. The van der Waals surface area contributed by atoms with E-state index in [9.17, 15) is 28.8 Å². The molecule has 0 spiro atoms. The Bertz CT molecular complexity index is 1500. The Morgan fingerprint density at radius 2 is 1.11 bits per heavy atom. The molecular weight excluding hydrogens is 456 g/mol. The van der Waals surface area contributed by atoms with Gasteiger partial charge in [0.05, 0.1) is 27.8 Å². The minimum absolute atomic E-state index is 0.00917. The molecule has 2 aliphatic rings. The predicted molar refractivity (Wildman–Crippen MR) is 117 cm³/mol. The van der Waals surface area contributed by atoms with Gasteiger partial charge in [-0.3, -0.25) is 4.79 Å². The van der Waals surface area contributed by atoms with Crippen LogP contribution in [0.15, 0.2) is 66.7 Å². The highest BCUT2D eigenvalue weighted by atomic mass is 16.6. The molecule has 0 aromatic heterocycles. The molecule has 170 valence electrons. The minimum Gasteiger partial charge on any atom is -0.478 e. The molecule has 2 heterocycles. The van der Waals surface area contributed by atoms with E-state index in [1.54, 1.807) is 12.1 Å². The first-order chi connectivity index (χ1) is 16.7. The fraction of sp³-hybridized carbons (Fsp3) is 0. The number of ketones is 1. The Morgan fingerprint density at radius 1 is 0.629 bits per heavy atom. The van der Waals surface area contributed by atoms with Crippen molar-refractivity contribution in [2.45, 2.75) is 0 Å². The van der Waals surface area contributed by atoms with E-state index in [-0.39, 0.29) is 33.4 Å². The van der Waals surface area contributed by atoms with Gasteiger partial charge in [0.15, 0.2) is 0 Å². The number of benzene rings is 3. The molecule has 9 nitrogen and oxygen atoms in total. The van der Waals surface area contributed by atoms with Gasteiger partial charge in [-0.15, -0.1) is 0 Å². The summed E-state index contributed by atoms with van der Waals surface area (Å²) in [5.41, 5.74) is 1.33. The first-order valence-corrected chi connectivity index (χ1v) is 9.90. The molecule has 0 atom stereocenters. The lowest BCUT2D eigenvalue weighted by Gasteiger charge is -1.96. The summed E-state index contributed by atoms with van der Waals surface area (Å²) in [4.78, 5) is 67.3. The highest BCUT2D eigenvalue weighted by molar-refractivity contribution is 6.17. The van der Waals surface area contributed by atoms with Crippen molar-refractivity contribution in [1.29, 1.82) is 0 Å². The number of hydrogen-bond donors (Lipinski definition) is 1. The van der Waals surface area contributed by atoms with E-state index in [1.807, 2.05) is 18.2 Å². The van der Waals surface area contributed by atoms with Crippen molar-refractivity contribution < 1.29 is 43.3 Å². The van der Waals surface area contributed by atoms with Crippen molar-refractivity contribution in [2.24, 2.45) is 0 Å². The smallest absolute Gasteiger partial charge is 0.346 e. The number of carboxylic acids is 1. The molecule has 5 rings (SSSR count). The van der Waals surface area contributed by atoms with E-state index in [4.69, 9.17) is 5.11 Å². The van der Waals surface area contributed by atoms with Crippen LogP contribution in [-0.2, 0) is 9.47 Å². The highest BCUT2D eigenvalue weighted by Gasteiger charge is 2.31. The van der Waals surface area contributed by atoms with Crippen LogP contribution in [0.1, 0.15) is 67.7 Å². The number of esters is 4. The second-order valence-corrected chi connectivity index (χ2v) is 7.12. The third-order valence-electron chi connectivity index (χ3n) is 4.89. The van der Waals surface area contributed by atoms with E-state index < -0.39 is 35.6 Å². The minimum atomic E-state index is -1.15. The van der Waals surface area contributed by atoms with Crippen molar-refractivity contribution in [2.75, 3.05) is 0 Å².